The Kier molecular flexibility index (Phi) is 5.81. The maximum atomic E-state index is 13.2. The highest BCUT2D eigenvalue weighted by molar-refractivity contribution is 8.00. The summed E-state index contributed by atoms with van der Waals surface area (Å²) in [5.74, 6) is 0.218. The van der Waals surface area contributed by atoms with E-state index in [9.17, 15) is 9.59 Å². The number of nitrogens with one attached hydrogen (secondary N) is 1. The zero-order valence-electron chi connectivity index (χ0n) is 17.4. The number of fused-ring (bicyclic) bond motifs is 1. The Morgan fingerprint density at radius 3 is 2.52 bits per heavy atom. The van der Waals surface area contributed by atoms with E-state index in [1.807, 2.05) is 50.2 Å². The lowest BCUT2D eigenvalue weighted by atomic mass is 10.1. The standard InChI is InChI=1S/C23H21N5O2S/c1-14-12-15(2)28-22(24-14)26-23(27-28)31-20(17-8-5-4-6-9-17)21(30)25-19-11-7-10-18(13-19)16(3)29/h4-13,20H,1-3H3,(H,25,30)/t20-/m0/s1. The number of thioether (sulfide) groups is 1. The predicted molar refractivity (Wildman–Crippen MR) is 120 cm³/mol. The molecule has 8 heteroatoms. The number of carbonyl (C=O) groups is 2. The molecule has 7 nitrogen and oxygen atoms in total. The third-order valence-corrected chi connectivity index (χ3v) is 5.80. The Morgan fingerprint density at radius 1 is 1.00 bits per heavy atom. The second kappa shape index (κ2) is 8.69. The van der Waals surface area contributed by atoms with Crippen LogP contribution >= 0.6 is 11.8 Å². The monoisotopic (exact) mass is 431 g/mol. The van der Waals surface area contributed by atoms with Gasteiger partial charge in [-0.1, -0.05) is 54.2 Å². The van der Waals surface area contributed by atoms with E-state index in [0.29, 0.717) is 22.2 Å². The molecule has 4 rings (SSSR count). The van der Waals surface area contributed by atoms with Crippen molar-refractivity contribution < 1.29 is 9.59 Å². The van der Waals surface area contributed by atoms with Crippen molar-refractivity contribution in [3.63, 3.8) is 0 Å². The number of benzene rings is 2. The Bertz CT molecular complexity index is 1270. The molecule has 0 aliphatic carbocycles. The van der Waals surface area contributed by atoms with Crippen LogP contribution in [0.4, 0.5) is 5.69 Å². The number of aryl methyl sites for hydroxylation is 2. The SMILES string of the molecule is CC(=O)c1cccc(NC(=O)[C@@H](Sc2nc3nc(C)cc(C)n3n2)c2ccccc2)c1. The Balaban J connectivity index is 1.65. The van der Waals surface area contributed by atoms with E-state index >= 15 is 0 Å². The van der Waals surface area contributed by atoms with Gasteiger partial charge in [-0.05, 0) is 44.5 Å². The van der Waals surface area contributed by atoms with Gasteiger partial charge in [-0.15, -0.1) is 5.10 Å². The zero-order valence-corrected chi connectivity index (χ0v) is 18.2. The molecule has 1 amide bonds. The molecule has 0 aliphatic rings. The van der Waals surface area contributed by atoms with E-state index in [1.54, 1.807) is 28.8 Å². The van der Waals surface area contributed by atoms with Gasteiger partial charge in [0.25, 0.3) is 5.78 Å². The van der Waals surface area contributed by atoms with Crippen LogP contribution < -0.4 is 5.32 Å². The molecule has 0 spiro atoms. The van der Waals surface area contributed by atoms with Crippen LogP contribution in [0, 0.1) is 13.8 Å². The molecule has 0 radical (unpaired) electrons. The molecule has 0 bridgehead atoms. The van der Waals surface area contributed by atoms with Gasteiger partial charge in [-0.2, -0.15) is 4.98 Å². The molecule has 2 aromatic carbocycles. The van der Waals surface area contributed by atoms with Gasteiger partial charge in [0.2, 0.25) is 11.1 Å². The van der Waals surface area contributed by atoms with Crippen molar-refractivity contribution in [3.8, 4) is 0 Å². The maximum Gasteiger partial charge on any atom is 0.253 e. The molecular weight excluding hydrogens is 410 g/mol. The highest BCUT2D eigenvalue weighted by atomic mass is 32.2. The molecule has 0 unspecified atom stereocenters. The molecule has 0 aliphatic heterocycles. The first-order valence-corrected chi connectivity index (χ1v) is 10.6. The molecule has 0 fully saturated rings. The number of carbonyl (C=O) groups excluding carboxylic acids is 2. The summed E-state index contributed by atoms with van der Waals surface area (Å²) in [5.41, 5.74) is 3.71. The van der Waals surface area contributed by atoms with Gasteiger partial charge in [0, 0.05) is 22.6 Å². The number of ketones is 1. The molecular formula is C23H21N5O2S. The first kappa shape index (κ1) is 20.7. The van der Waals surface area contributed by atoms with E-state index < -0.39 is 5.25 Å². The van der Waals surface area contributed by atoms with Gasteiger partial charge in [-0.3, -0.25) is 9.59 Å². The summed E-state index contributed by atoms with van der Waals surface area (Å²) in [4.78, 5) is 33.8. The van der Waals surface area contributed by atoms with E-state index in [-0.39, 0.29) is 11.7 Å². The van der Waals surface area contributed by atoms with E-state index in [2.05, 4.69) is 20.4 Å². The largest absolute Gasteiger partial charge is 0.325 e. The van der Waals surface area contributed by atoms with Crippen molar-refractivity contribution in [1.29, 1.82) is 0 Å². The fourth-order valence-corrected chi connectivity index (χ4v) is 4.16. The summed E-state index contributed by atoms with van der Waals surface area (Å²) < 4.78 is 1.67. The lowest BCUT2D eigenvalue weighted by Crippen LogP contribution is -2.19. The van der Waals surface area contributed by atoms with Gasteiger partial charge >= 0.3 is 0 Å². The number of aromatic nitrogens is 4. The number of anilines is 1. The zero-order chi connectivity index (χ0) is 22.0. The molecule has 2 aromatic heterocycles. The lowest BCUT2D eigenvalue weighted by molar-refractivity contribution is -0.115. The van der Waals surface area contributed by atoms with Gasteiger partial charge in [-0.25, -0.2) is 9.50 Å². The summed E-state index contributed by atoms with van der Waals surface area (Å²) in [5, 5.41) is 7.33. The van der Waals surface area contributed by atoms with Crippen LogP contribution in [-0.4, -0.2) is 31.3 Å². The summed E-state index contributed by atoms with van der Waals surface area (Å²) in [6, 6.07) is 18.3. The number of Topliss-reactive ketones (excluding diaryl/α,β-unsaturated/α-hetero) is 1. The number of rotatable bonds is 6. The van der Waals surface area contributed by atoms with Crippen LogP contribution in [0.25, 0.3) is 5.78 Å². The second-order valence-corrected chi connectivity index (χ2v) is 8.25. The van der Waals surface area contributed by atoms with E-state index in [1.165, 1.54) is 18.7 Å². The minimum atomic E-state index is -0.582. The Labute approximate surface area is 183 Å². The summed E-state index contributed by atoms with van der Waals surface area (Å²) >= 11 is 1.26. The van der Waals surface area contributed by atoms with Crippen LogP contribution in [0.2, 0.25) is 0 Å². The molecule has 0 saturated carbocycles. The molecule has 1 atom stereocenters. The fraction of sp³-hybridized carbons (Fsp3) is 0.174. The van der Waals surface area contributed by atoms with Gasteiger partial charge in [0.15, 0.2) is 5.78 Å². The summed E-state index contributed by atoms with van der Waals surface area (Å²) in [7, 11) is 0. The molecule has 0 saturated heterocycles. The minimum Gasteiger partial charge on any atom is -0.325 e. The topological polar surface area (TPSA) is 89.2 Å². The average molecular weight is 432 g/mol. The van der Waals surface area contributed by atoms with Crippen LogP contribution in [0.1, 0.15) is 39.5 Å². The molecule has 156 valence electrons. The average Bonchev–Trinajstić information content (AvgIpc) is 3.15. The minimum absolute atomic E-state index is 0.0582. The number of hydrogen-bond acceptors (Lipinski definition) is 6. The highest BCUT2D eigenvalue weighted by Crippen LogP contribution is 2.35. The van der Waals surface area contributed by atoms with E-state index in [0.717, 1.165) is 17.0 Å². The first-order chi connectivity index (χ1) is 14.9. The number of amides is 1. The van der Waals surface area contributed by atoms with Crippen molar-refractivity contribution in [2.45, 2.75) is 31.2 Å². The molecule has 4 aromatic rings. The smallest absolute Gasteiger partial charge is 0.253 e. The number of nitrogens with zero attached hydrogens (tertiary/aromatic N) is 4. The first-order valence-electron chi connectivity index (χ1n) is 9.75. The van der Waals surface area contributed by atoms with Crippen molar-refractivity contribution in [2.24, 2.45) is 0 Å². The number of hydrogen-bond donors (Lipinski definition) is 1. The van der Waals surface area contributed by atoms with Gasteiger partial charge in [0.05, 0.1) is 0 Å². The second-order valence-electron chi connectivity index (χ2n) is 7.18. The highest BCUT2D eigenvalue weighted by Gasteiger charge is 2.25. The van der Waals surface area contributed by atoms with Crippen LogP contribution in [-0.2, 0) is 4.79 Å². The van der Waals surface area contributed by atoms with Crippen molar-refractivity contribution in [3.05, 3.63) is 83.2 Å². The molecule has 1 N–H and O–H groups in total. The Morgan fingerprint density at radius 2 is 1.77 bits per heavy atom. The Hall–Kier alpha value is -3.52. The van der Waals surface area contributed by atoms with E-state index in [4.69, 9.17) is 0 Å². The fourth-order valence-electron chi connectivity index (χ4n) is 3.23. The maximum absolute atomic E-state index is 13.2. The van der Waals surface area contributed by atoms with Gasteiger partial charge in [0.1, 0.15) is 5.25 Å². The van der Waals surface area contributed by atoms with Crippen LogP contribution in [0.3, 0.4) is 0 Å². The molecule has 31 heavy (non-hydrogen) atoms. The van der Waals surface area contributed by atoms with Crippen molar-refractivity contribution in [1.82, 2.24) is 19.6 Å². The van der Waals surface area contributed by atoms with Gasteiger partial charge < -0.3 is 5.32 Å². The summed E-state index contributed by atoms with van der Waals surface area (Å²) in [6.45, 7) is 5.34. The lowest BCUT2D eigenvalue weighted by Gasteiger charge is -2.15. The normalized spacial score (nSPS) is 12.0. The predicted octanol–water partition coefficient (Wildman–Crippen LogP) is 4.42. The van der Waals surface area contributed by atoms with Crippen LogP contribution in [0.15, 0.2) is 65.8 Å². The van der Waals surface area contributed by atoms with Crippen molar-refractivity contribution in [2.75, 3.05) is 5.32 Å². The van der Waals surface area contributed by atoms with Crippen molar-refractivity contribution >= 4 is 34.9 Å². The quantitative estimate of drug-likeness (QED) is 0.359. The van der Waals surface area contributed by atoms with Crippen LogP contribution in [0.5, 0.6) is 0 Å². The third kappa shape index (κ3) is 4.64. The summed E-state index contributed by atoms with van der Waals surface area (Å²) in [6.07, 6.45) is 0. The molecule has 2 heterocycles. The third-order valence-electron chi connectivity index (χ3n) is 4.70.